The Balaban J connectivity index is 0.00000676. The van der Waals surface area contributed by atoms with Crippen molar-refractivity contribution in [3.63, 3.8) is 0 Å². The number of aliphatic hydroxyl groups is 1. The van der Waals surface area contributed by atoms with E-state index in [2.05, 4.69) is 56.5 Å². The molecule has 0 heterocycles. The molecule has 0 radical (unpaired) electrons. The molecule has 0 saturated carbocycles. The van der Waals surface area contributed by atoms with Gasteiger partial charge >= 0.3 is 0 Å². The summed E-state index contributed by atoms with van der Waals surface area (Å²) in [6, 6.07) is 6.24. The molecule has 3 N–H and O–H groups in total. The Bertz CT molecular complexity index is 550. The van der Waals surface area contributed by atoms with E-state index in [4.69, 9.17) is 9.73 Å². The number of aliphatic hydroxyl groups excluding tert-OH is 1. The molecule has 0 fully saturated rings. The van der Waals surface area contributed by atoms with Gasteiger partial charge in [-0.2, -0.15) is 0 Å². The summed E-state index contributed by atoms with van der Waals surface area (Å²) in [6.45, 7) is 13.6. The van der Waals surface area contributed by atoms with Crippen LogP contribution in [0.3, 0.4) is 0 Å². The minimum atomic E-state index is 0. The van der Waals surface area contributed by atoms with Crippen LogP contribution in [0.1, 0.15) is 51.7 Å². The van der Waals surface area contributed by atoms with Gasteiger partial charge in [-0.15, -0.1) is 24.0 Å². The maximum atomic E-state index is 9.29. The molecule has 1 unspecified atom stereocenters. The molecule has 1 atom stereocenters. The number of nitrogens with zero attached hydrogens (tertiary/aromatic N) is 1. The van der Waals surface area contributed by atoms with Gasteiger partial charge in [0.1, 0.15) is 5.75 Å². The molecule has 1 aromatic rings. The maximum Gasteiger partial charge on any atom is 0.191 e. The predicted octanol–water partition coefficient (Wildman–Crippen LogP) is 4.11. The number of hydrogen-bond acceptors (Lipinski definition) is 3. The van der Waals surface area contributed by atoms with Crippen LogP contribution in [-0.2, 0) is 6.54 Å². The molecule has 0 spiro atoms. The van der Waals surface area contributed by atoms with Gasteiger partial charge in [0.25, 0.3) is 0 Å². The van der Waals surface area contributed by atoms with Crippen LogP contribution in [-0.4, -0.2) is 37.4 Å². The van der Waals surface area contributed by atoms with Gasteiger partial charge in [0.05, 0.1) is 13.2 Å². The Hall–Kier alpha value is -1.02. The molecule has 5 nitrogen and oxygen atoms in total. The Morgan fingerprint density at radius 1 is 1.22 bits per heavy atom. The van der Waals surface area contributed by atoms with E-state index in [1.54, 1.807) is 0 Å². The number of aliphatic imine (C=N–C) groups is 1. The fraction of sp³-hybridized carbons (Fsp3) is 0.667. The van der Waals surface area contributed by atoms with Crippen molar-refractivity contribution < 1.29 is 9.84 Å². The third-order valence-electron chi connectivity index (χ3n) is 4.17. The first kappa shape index (κ1) is 26.0. The summed E-state index contributed by atoms with van der Waals surface area (Å²) in [5.74, 6) is 2.78. The zero-order valence-corrected chi connectivity index (χ0v) is 19.9. The summed E-state index contributed by atoms with van der Waals surface area (Å²) in [4.78, 5) is 4.72. The van der Waals surface area contributed by atoms with Crippen LogP contribution in [0.2, 0.25) is 0 Å². The second kappa shape index (κ2) is 15.0. The third kappa shape index (κ3) is 10.8. The van der Waals surface area contributed by atoms with Crippen LogP contribution in [0.4, 0.5) is 0 Å². The molecule has 6 heteroatoms. The molecule has 0 aliphatic heterocycles. The summed E-state index contributed by atoms with van der Waals surface area (Å²) < 4.78 is 5.75. The Kier molecular flexibility index (Phi) is 14.4. The summed E-state index contributed by atoms with van der Waals surface area (Å²) in [5.41, 5.74) is 2.27. The molecule has 1 aromatic carbocycles. The number of benzene rings is 1. The van der Waals surface area contributed by atoms with Gasteiger partial charge in [-0.1, -0.05) is 26.0 Å². The topological polar surface area (TPSA) is 65.9 Å². The predicted molar refractivity (Wildman–Crippen MR) is 125 cm³/mol. The normalized spacial score (nSPS) is 12.5. The lowest BCUT2D eigenvalue weighted by molar-refractivity contribution is 0.243. The lowest BCUT2D eigenvalue weighted by Crippen LogP contribution is -2.40. The highest BCUT2D eigenvalue weighted by molar-refractivity contribution is 14.0. The van der Waals surface area contributed by atoms with E-state index in [-0.39, 0.29) is 30.6 Å². The Morgan fingerprint density at radius 3 is 2.56 bits per heavy atom. The van der Waals surface area contributed by atoms with E-state index < -0.39 is 0 Å². The lowest BCUT2D eigenvalue weighted by Gasteiger charge is -2.20. The fourth-order valence-electron chi connectivity index (χ4n) is 2.98. The van der Waals surface area contributed by atoms with E-state index >= 15 is 0 Å². The number of rotatable bonds is 11. The SMILES string of the molecule is CCNC(=NCc1ccc(C)cc1OCC)NCC(CCO)CC(C)C.I. The van der Waals surface area contributed by atoms with Crippen molar-refractivity contribution in [2.45, 2.75) is 54.0 Å². The van der Waals surface area contributed by atoms with Crippen molar-refractivity contribution in [1.82, 2.24) is 10.6 Å². The van der Waals surface area contributed by atoms with Gasteiger partial charge in [0.15, 0.2) is 5.96 Å². The molecular formula is C21H38IN3O2. The second-order valence-electron chi connectivity index (χ2n) is 7.13. The molecule has 1 rings (SSSR count). The Morgan fingerprint density at radius 2 is 1.96 bits per heavy atom. The monoisotopic (exact) mass is 491 g/mol. The van der Waals surface area contributed by atoms with Gasteiger partial charge in [0.2, 0.25) is 0 Å². The molecule has 0 saturated heterocycles. The molecular weight excluding hydrogens is 453 g/mol. The average Bonchev–Trinajstić information content (AvgIpc) is 2.58. The largest absolute Gasteiger partial charge is 0.494 e. The van der Waals surface area contributed by atoms with Gasteiger partial charge in [-0.25, -0.2) is 4.99 Å². The van der Waals surface area contributed by atoms with Crippen molar-refractivity contribution in [1.29, 1.82) is 0 Å². The van der Waals surface area contributed by atoms with Gasteiger partial charge in [-0.05, 0) is 57.1 Å². The zero-order valence-electron chi connectivity index (χ0n) is 17.5. The number of guanidine groups is 1. The minimum absolute atomic E-state index is 0. The highest BCUT2D eigenvalue weighted by Crippen LogP contribution is 2.21. The van der Waals surface area contributed by atoms with Crippen LogP contribution in [0, 0.1) is 18.8 Å². The van der Waals surface area contributed by atoms with Crippen molar-refractivity contribution in [2.75, 3.05) is 26.3 Å². The molecule has 0 amide bonds. The number of halogens is 1. The van der Waals surface area contributed by atoms with Crippen LogP contribution < -0.4 is 15.4 Å². The minimum Gasteiger partial charge on any atom is -0.494 e. The molecule has 0 aromatic heterocycles. The first-order valence-electron chi connectivity index (χ1n) is 9.85. The van der Waals surface area contributed by atoms with Crippen molar-refractivity contribution >= 4 is 29.9 Å². The summed E-state index contributed by atoms with van der Waals surface area (Å²) in [5, 5.41) is 16.0. The quantitative estimate of drug-likeness (QED) is 0.248. The number of aryl methyl sites for hydroxylation is 1. The number of hydrogen-bond donors (Lipinski definition) is 3. The number of ether oxygens (including phenoxy) is 1. The average molecular weight is 491 g/mol. The molecule has 0 aliphatic carbocycles. The molecule has 27 heavy (non-hydrogen) atoms. The maximum absolute atomic E-state index is 9.29. The van der Waals surface area contributed by atoms with Crippen LogP contribution in [0.25, 0.3) is 0 Å². The standard InChI is InChI=1S/C21H37N3O2.HI/c1-6-22-21(23-14-18(10-11-25)12-16(3)4)24-15-19-9-8-17(5)13-20(19)26-7-2;/h8-9,13,16,18,25H,6-7,10-12,14-15H2,1-5H3,(H2,22,23,24);1H. The van der Waals surface area contributed by atoms with Crippen molar-refractivity contribution in [3.8, 4) is 5.75 Å². The smallest absolute Gasteiger partial charge is 0.191 e. The van der Waals surface area contributed by atoms with Crippen molar-refractivity contribution in [3.05, 3.63) is 29.3 Å². The third-order valence-corrected chi connectivity index (χ3v) is 4.17. The number of nitrogens with one attached hydrogen (secondary N) is 2. The summed E-state index contributed by atoms with van der Waals surface area (Å²) in [6.07, 6.45) is 1.91. The Labute approximate surface area is 182 Å². The van der Waals surface area contributed by atoms with E-state index in [1.165, 1.54) is 5.56 Å². The van der Waals surface area contributed by atoms with Crippen LogP contribution in [0.5, 0.6) is 5.75 Å². The van der Waals surface area contributed by atoms with Crippen LogP contribution in [0.15, 0.2) is 23.2 Å². The zero-order chi connectivity index (χ0) is 19.4. The van der Waals surface area contributed by atoms with Gasteiger partial charge in [0, 0.05) is 25.3 Å². The summed E-state index contributed by atoms with van der Waals surface area (Å²) >= 11 is 0. The fourth-order valence-corrected chi connectivity index (χ4v) is 2.98. The van der Waals surface area contributed by atoms with Crippen molar-refractivity contribution in [2.24, 2.45) is 16.8 Å². The van der Waals surface area contributed by atoms with E-state index in [9.17, 15) is 5.11 Å². The summed E-state index contributed by atoms with van der Waals surface area (Å²) in [7, 11) is 0. The van der Waals surface area contributed by atoms with E-state index in [0.29, 0.717) is 25.0 Å². The molecule has 156 valence electrons. The van der Waals surface area contributed by atoms with E-state index in [0.717, 1.165) is 43.2 Å². The first-order chi connectivity index (χ1) is 12.5. The highest BCUT2D eigenvalue weighted by Gasteiger charge is 2.11. The molecule has 0 bridgehead atoms. The van der Waals surface area contributed by atoms with Gasteiger partial charge in [-0.3, -0.25) is 0 Å². The lowest BCUT2D eigenvalue weighted by atomic mass is 9.94. The van der Waals surface area contributed by atoms with Gasteiger partial charge < -0.3 is 20.5 Å². The molecule has 0 aliphatic rings. The highest BCUT2D eigenvalue weighted by atomic mass is 127. The first-order valence-corrected chi connectivity index (χ1v) is 9.85. The second-order valence-corrected chi connectivity index (χ2v) is 7.13. The van der Waals surface area contributed by atoms with Crippen LogP contribution >= 0.6 is 24.0 Å². The van der Waals surface area contributed by atoms with E-state index in [1.807, 2.05) is 6.92 Å².